The molecule has 0 atom stereocenters. The van der Waals surface area contributed by atoms with E-state index in [9.17, 15) is 13.2 Å². The zero-order valence-electron chi connectivity index (χ0n) is 10.9. The summed E-state index contributed by atoms with van der Waals surface area (Å²) in [6.45, 7) is 2.56. The predicted molar refractivity (Wildman–Crippen MR) is 75.7 cm³/mol. The molecule has 1 amide bonds. The first kappa shape index (κ1) is 13.9. The minimum Gasteiger partial charge on any atom is -0.312 e. The molecule has 5 nitrogen and oxygen atoms in total. The van der Waals surface area contributed by atoms with Crippen LogP contribution in [0.15, 0.2) is 24.3 Å². The van der Waals surface area contributed by atoms with Gasteiger partial charge in [0.25, 0.3) is 0 Å². The molecule has 0 radical (unpaired) electrons. The van der Waals surface area contributed by atoms with E-state index >= 15 is 0 Å². The zero-order chi connectivity index (χ0) is 13.9. The third-order valence-corrected chi connectivity index (χ3v) is 4.49. The molecule has 2 rings (SSSR count). The maximum absolute atomic E-state index is 11.6. The molecule has 1 saturated heterocycles. The van der Waals surface area contributed by atoms with Crippen LogP contribution in [-0.2, 0) is 14.8 Å². The van der Waals surface area contributed by atoms with E-state index in [0.717, 1.165) is 18.7 Å². The van der Waals surface area contributed by atoms with Crippen molar-refractivity contribution in [3.63, 3.8) is 0 Å². The highest BCUT2D eigenvalue weighted by Crippen LogP contribution is 2.23. The van der Waals surface area contributed by atoms with Gasteiger partial charge in [-0.05, 0) is 37.1 Å². The lowest BCUT2D eigenvalue weighted by molar-refractivity contribution is -0.117. The van der Waals surface area contributed by atoms with Gasteiger partial charge in [0, 0.05) is 24.3 Å². The van der Waals surface area contributed by atoms with Gasteiger partial charge in [-0.3, -0.25) is 9.52 Å². The number of nitrogens with zero attached hydrogens (tertiary/aromatic N) is 1. The molecule has 0 saturated carbocycles. The predicted octanol–water partition coefficient (Wildman–Crippen LogP) is 1.97. The first-order valence-corrected chi connectivity index (χ1v) is 8.08. The van der Waals surface area contributed by atoms with Crippen molar-refractivity contribution in [1.82, 2.24) is 0 Å². The Hall–Kier alpha value is -1.56. The number of amides is 1. The zero-order valence-corrected chi connectivity index (χ0v) is 11.7. The summed E-state index contributed by atoms with van der Waals surface area (Å²) in [6, 6.07) is 6.92. The minimum absolute atomic E-state index is 0.110. The molecule has 0 bridgehead atoms. The molecular formula is C13H18N2O3S. The molecule has 1 aromatic carbocycles. The van der Waals surface area contributed by atoms with Crippen molar-refractivity contribution in [3.8, 4) is 0 Å². The van der Waals surface area contributed by atoms with Crippen molar-refractivity contribution >= 4 is 27.3 Å². The van der Waals surface area contributed by atoms with Crippen molar-refractivity contribution in [1.29, 1.82) is 0 Å². The molecule has 1 fully saturated rings. The molecule has 1 aliphatic heterocycles. The first-order valence-electron chi connectivity index (χ1n) is 6.43. The maximum atomic E-state index is 11.6. The van der Waals surface area contributed by atoms with Crippen LogP contribution in [-0.4, -0.2) is 26.6 Å². The Labute approximate surface area is 113 Å². The van der Waals surface area contributed by atoms with Gasteiger partial charge in [0.1, 0.15) is 0 Å². The second-order valence-electron chi connectivity index (χ2n) is 4.62. The number of carbonyl (C=O) groups is 1. The highest BCUT2D eigenvalue weighted by molar-refractivity contribution is 7.92. The summed E-state index contributed by atoms with van der Waals surface area (Å²) in [4.78, 5) is 13.3. The van der Waals surface area contributed by atoms with Crippen LogP contribution in [0.4, 0.5) is 11.4 Å². The van der Waals surface area contributed by atoms with Crippen molar-refractivity contribution in [2.45, 2.75) is 26.2 Å². The number of rotatable bonds is 5. The summed E-state index contributed by atoms with van der Waals surface area (Å²) < 4.78 is 25.8. The molecule has 0 aromatic heterocycles. The van der Waals surface area contributed by atoms with Gasteiger partial charge in [-0.1, -0.05) is 6.92 Å². The highest BCUT2D eigenvalue weighted by atomic mass is 32.2. The minimum atomic E-state index is -3.26. The second kappa shape index (κ2) is 5.61. The van der Waals surface area contributed by atoms with Gasteiger partial charge < -0.3 is 4.90 Å². The van der Waals surface area contributed by atoms with Gasteiger partial charge in [0.2, 0.25) is 15.9 Å². The number of anilines is 2. The summed E-state index contributed by atoms with van der Waals surface area (Å²) in [7, 11) is -3.26. The largest absolute Gasteiger partial charge is 0.312 e. The van der Waals surface area contributed by atoms with E-state index in [-0.39, 0.29) is 11.7 Å². The van der Waals surface area contributed by atoms with Crippen LogP contribution in [0.3, 0.4) is 0 Å². The highest BCUT2D eigenvalue weighted by Gasteiger charge is 2.21. The molecule has 0 aliphatic carbocycles. The molecule has 1 heterocycles. The number of nitrogens with one attached hydrogen (secondary N) is 1. The molecular weight excluding hydrogens is 264 g/mol. The Morgan fingerprint density at radius 1 is 1.26 bits per heavy atom. The fourth-order valence-corrected chi connectivity index (χ4v) is 3.26. The summed E-state index contributed by atoms with van der Waals surface area (Å²) in [5, 5.41) is 0. The summed E-state index contributed by atoms with van der Waals surface area (Å²) in [5.74, 6) is 0.235. The average molecular weight is 282 g/mol. The molecule has 1 aromatic rings. The van der Waals surface area contributed by atoms with E-state index < -0.39 is 10.0 Å². The summed E-state index contributed by atoms with van der Waals surface area (Å²) in [5.41, 5.74) is 1.35. The van der Waals surface area contributed by atoms with Crippen LogP contribution in [0, 0.1) is 0 Å². The van der Waals surface area contributed by atoms with Crippen LogP contribution >= 0.6 is 0 Å². The van der Waals surface area contributed by atoms with Gasteiger partial charge in [-0.15, -0.1) is 0 Å². The van der Waals surface area contributed by atoms with E-state index in [2.05, 4.69) is 4.72 Å². The molecule has 1 aliphatic rings. The summed E-state index contributed by atoms with van der Waals surface area (Å²) >= 11 is 0. The van der Waals surface area contributed by atoms with Crippen LogP contribution < -0.4 is 9.62 Å². The summed E-state index contributed by atoms with van der Waals surface area (Å²) in [6.07, 6.45) is 2.05. The number of hydrogen-bond acceptors (Lipinski definition) is 3. The average Bonchev–Trinajstić information content (AvgIpc) is 2.76. The van der Waals surface area contributed by atoms with Crippen molar-refractivity contribution in [2.75, 3.05) is 21.9 Å². The topological polar surface area (TPSA) is 66.5 Å². The maximum Gasteiger partial charge on any atom is 0.232 e. The number of carbonyl (C=O) groups excluding carboxylic acids is 1. The van der Waals surface area contributed by atoms with Crippen LogP contribution in [0.2, 0.25) is 0 Å². The van der Waals surface area contributed by atoms with Gasteiger partial charge in [0.05, 0.1) is 5.75 Å². The molecule has 104 valence electrons. The molecule has 1 N–H and O–H groups in total. The molecule has 0 spiro atoms. The van der Waals surface area contributed by atoms with Gasteiger partial charge in [0.15, 0.2) is 0 Å². The van der Waals surface area contributed by atoms with Crippen LogP contribution in [0.1, 0.15) is 26.2 Å². The number of benzene rings is 1. The first-order chi connectivity index (χ1) is 9.02. The Bertz CT molecular complexity index is 552. The Balaban J connectivity index is 2.08. The second-order valence-corrected chi connectivity index (χ2v) is 6.46. The van der Waals surface area contributed by atoms with E-state index in [4.69, 9.17) is 0 Å². The number of hydrogen-bond donors (Lipinski definition) is 1. The van der Waals surface area contributed by atoms with Crippen molar-refractivity contribution < 1.29 is 13.2 Å². The van der Waals surface area contributed by atoms with Crippen molar-refractivity contribution in [3.05, 3.63) is 24.3 Å². The fraction of sp³-hybridized carbons (Fsp3) is 0.462. The third kappa shape index (κ3) is 3.47. The molecule has 0 unspecified atom stereocenters. The third-order valence-electron chi connectivity index (χ3n) is 3.00. The fourth-order valence-electron chi connectivity index (χ4n) is 2.13. The quantitative estimate of drug-likeness (QED) is 0.897. The van der Waals surface area contributed by atoms with E-state index in [1.165, 1.54) is 0 Å². The Morgan fingerprint density at radius 2 is 1.95 bits per heavy atom. The Kier molecular flexibility index (Phi) is 4.09. The number of sulfonamides is 1. The van der Waals surface area contributed by atoms with E-state index in [0.29, 0.717) is 18.5 Å². The normalized spacial score (nSPS) is 15.8. The van der Waals surface area contributed by atoms with Gasteiger partial charge in [-0.25, -0.2) is 8.42 Å². The SMILES string of the molecule is CCCS(=O)(=O)Nc1ccc(N2CCCC2=O)cc1. The lowest BCUT2D eigenvalue weighted by atomic mass is 10.2. The van der Waals surface area contributed by atoms with Gasteiger partial charge in [-0.2, -0.15) is 0 Å². The monoisotopic (exact) mass is 282 g/mol. The lowest BCUT2D eigenvalue weighted by Crippen LogP contribution is -2.23. The van der Waals surface area contributed by atoms with Crippen LogP contribution in [0.5, 0.6) is 0 Å². The molecule has 19 heavy (non-hydrogen) atoms. The lowest BCUT2D eigenvalue weighted by Gasteiger charge is -2.16. The Morgan fingerprint density at radius 3 is 2.47 bits per heavy atom. The standard InChI is InChI=1S/C13H18N2O3S/c1-2-10-19(17,18)14-11-5-7-12(8-6-11)15-9-3-4-13(15)16/h5-8,14H,2-4,9-10H2,1H3. The molecule has 6 heteroatoms. The van der Waals surface area contributed by atoms with Crippen LogP contribution in [0.25, 0.3) is 0 Å². The smallest absolute Gasteiger partial charge is 0.232 e. The van der Waals surface area contributed by atoms with E-state index in [1.807, 2.05) is 6.92 Å². The van der Waals surface area contributed by atoms with E-state index in [1.54, 1.807) is 29.2 Å². The van der Waals surface area contributed by atoms with Gasteiger partial charge >= 0.3 is 0 Å². The van der Waals surface area contributed by atoms with Crippen molar-refractivity contribution in [2.24, 2.45) is 0 Å².